The summed E-state index contributed by atoms with van der Waals surface area (Å²) in [4.78, 5) is 38.5. The first kappa shape index (κ1) is 21.2. The van der Waals surface area contributed by atoms with E-state index in [1.54, 1.807) is 24.3 Å². The Labute approximate surface area is 171 Å². The minimum atomic E-state index is -1.24. The molecule has 0 radical (unpaired) electrons. The van der Waals surface area contributed by atoms with Gasteiger partial charge in [0.05, 0.1) is 24.4 Å². The maximum atomic E-state index is 13.7. The lowest BCUT2D eigenvalue weighted by Crippen LogP contribution is -2.33. The van der Waals surface area contributed by atoms with Crippen molar-refractivity contribution in [3.05, 3.63) is 54.1 Å². The van der Waals surface area contributed by atoms with Gasteiger partial charge in [-0.2, -0.15) is 0 Å². The summed E-state index contributed by atoms with van der Waals surface area (Å²) in [5.74, 6) is -3.77. The Bertz CT molecular complexity index is 982. The number of amides is 2. The Morgan fingerprint density at radius 3 is 2.63 bits per heavy atom. The Morgan fingerprint density at radius 2 is 1.93 bits per heavy atom. The summed E-state index contributed by atoms with van der Waals surface area (Å²) in [6.45, 7) is 1.41. The van der Waals surface area contributed by atoms with Crippen LogP contribution in [-0.2, 0) is 19.1 Å². The molecule has 0 aliphatic carbocycles. The van der Waals surface area contributed by atoms with Crippen molar-refractivity contribution in [3.63, 3.8) is 0 Å². The Morgan fingerprint density at radius 1 is 1.20 bits per heavy atom. The highest BCUT2D eigenvalue weighted by Gasteiger charge is 2.38. The number of carbonyl (C=O) groups is 3. The highest BCUT2D eigenvalue weighted by Crippen LogP contribution is 2.33. The molecule has 1 N–H and O–H groups in total. The van der Waals surface area contributed by atoms with Crippen molar-refractivity contribution in [3.8, 4) is 5.75 Å². The molecular weight excluding hydrogens is 398 g/mol. The molecule has 3 rings (SSSR count). The number of hydrogen-bond donors (Lipinski definition) is 1. The van der Waals surface area contributed by atoms with Gasteiger partial charge in [0.15, 0.2) is 6.10 Å². The van der Waals surface area contributed by atoms with Crippen LogP contribution in [0.2, 0.25) is 0 Å². The summed E-state index contributed by atoms with van der Waals surface area (Å²) in [5, 5.41) is 2.24. The van der Waals surface area contributed by atoms with Gasteiger partial charge in [0.25, 0.3) is 5.91 Å². The first-order valence-electron chi connectivity index (χ1n) is 9.20. The summed E-state index contributed by atoms with van der Waals surface area (Å²) in [6, 6.07) is 9.61. The SMILES string of the molecule is COc1ccccc1N1C[C@@H](C(=O)O[C@H](C)C(=O)Nc2ccc(F)cc2F)CC1=O. The zero-order valence-electron chi connectivity index (χ0n) is 16.4. The van der Waals surface area contributed by atoms with Crippen molar-refractivity contribution in [1.82, 2.24) is 0 Å². The standard InChI is InChI=1S/C21H20F2N2O5/c1-12(20(27)24-16-8-7-14(22)10-15(16)23)30-21(28)13-9-19(26)25(11-13)17-5-3-4-6-18(17)29-2/h3-8,10,12-13H,9,11H2,1-2H3,(H,24,27)/t12-,13+/m1/s1. The molecule has 2 aromatic carbocycles. The first-order valence-corrected chi connectivity index (χ1v) is 9.20. The van der Waals surface area contributed by atoms with E-state index in [1.165, 1.54) is 18.9 Å². The number of ether oxygens (including phenoxy) is 2. The molecule has 0 unspecified atom stereocenters. The van der Waals surface area contributed by atoms with Crippen molar-refractivity contribution in [2.24, 2.45) is 5.92 Å². The molecule has 0 aromatic heterocycles. The van der Waals surface area contributed by atoms with Crippen molar-refractivity contribution in [2.75, 3.05) is 23.9 Å². The Kier molecular flexibility index (Phi) is 6.29. The van der Waals surface area contributed by atoms with E-state index in [2.05, 4.69) is 5.32 Å². The molecular formula is C21H20F2N2O5. The summed E-state index contributed by atoms with van der Waals surface area (Å²) in [7, 11) is 1.48. The Hall–Kier alpha value is -3.49. The van der Waals surface area contributed by atoms with Gasteiger partial charge in [0.1, 0.15) is 17.4 Å². The third-order valence-electron chi connectivity index (χ3n) is 4.69. The van der Waals surface area contributed by atoms with Crippen molar-refractivity contribution in [1.29, 1.82) is 0 Å². The van der Waals surface area contributed by atoms with Crippen molar-refractivity contribution in [2.45, 2.75) is 19.4 Å². The molecule has 30 heavy (non-hydrogen) atoms. The second kappa shape index (κ2) is 8.89. The summed E-state index contributed by atoms with van der Waals surface area (Å²) >= 11 is 0. The van der Waals surface area contributed by atoms with Crippen LogP contribution in [0.5, 0.6) is 5.75 Å². The quantitative estimate of drug-likeness (QED) is 0.730. The maximum Gasteiger partial charge on any atom is 0.312 e. The first-order chi connectivity index (χ1) is 14.3. The van der Waals surface area contributed by atoms with Gasteiger partial charge in [-0.05, 0) is 31.2 Å². The van der Waals surface area contributed by atoms with Crippen LogP contribution in [-0.4, -0.2) is 37.5 Å². The molecule has 1 fully saturated rings. The monoisotopic (exact) mass is 418 g/mol. The molecule has 2 atom stereocenters. The van der Waals surface area contributed by atoms with Gasteiger partial charge in [-0.3, -0.25) is 14.4 Å². The average molecular weight is 418 g/mol. The van der Waals surface area contributed by atoms with E-state index in [-0.39, 0.29) is 24.6 Å². The van der Waals surface area contributed by atoms with Gasteiger partial charge in [-0.1, -0.05) is 12.1 Å². The van der Waals surface area contributed by atoms with Crippen molar-refractivity contribution < 1.29 is 32.6 Å². The zero-order chi connectivity index (χ0) is 21.8. The Balaban J connectivity index is 1.61. The fourth-order valence-corrected chi connectivity index (χ4v) is 3.10. The largest absolute Gasteiger partial charge is 0.495 e. The number of esters is 1. The molecule has 7 nitrogen and oxygen atoms in total. The molecule has 9 heteroatoms. The van der Waals surface area contributed by atoms with Gasteiger partial charge in [0.2, 0.25) is 5.91 Å². The number of rotatable bonds is 6. The molecule has 0 bridgehead atoms. The number of carbonyl (C=O) groups excluding carboxylic acids is 3. The van der Waals surface area contributed by atoms with Crippen LogP contribution in [0.4, 0.5) is 20.2 Å². The summed E-state index contributed by atoms with van der Waals surface area (Å²) in [5.41, 5.74) is 0.306. The van der Waals surface area contributed by atoms with E-state index in [0.717, 1.165) is 12.1 Å². The van der Waals surface area contributed by atoms with E-state index in [0.29, 0.717) is 17.5 Å². The molecule has 2 amide bonds. The van der Waals surface area contributed by atoms with Crippen LogP contribution >= 0.6 is 0 Å². The van der Waals surface area contributed by atoms with Gasteiger partial charge in [0, 0.05) is 19.0 Å². The highest BCUT2D eigenvalue weighted by molar-refractivity contribution is 6.01. The molecule has 158 valence electrons. The van der Waals surface area contributed by atoms with Crippen molar-refractivity contribution >= 4 is 29.2 Å². The van der Waals surface area contributed by atoms with E-state index < -0.39 is 35.5 Å². The summed E-state index contributed by atoms with van der Waals surface area (Å²) in [6.07, 6.45) is -1.31. The zero-order valence-corrected chi connectivity index (χ0v) is 16.4. The minimum Gasteiger partial charge on any atom is -0.495 e. The predicted molar refractivity (Wildman–Crippen MR) is 104 cm³/mol. The molecule has 1 saturated heterocycles. The predicted octanol–water partition coefficient (Wildman–Crippen LogP) is 2.90. The van der Waals surface area contributed by atoms with Crippen LogP contribution in [0, 0.1) is 17.6 Å². The lowest BCUT2D eigenvalue weighted by Gasteiger charge is -2.20. The fourth-order valence-electron chi connectivity index (χ4n) is 3.10. The molecule has 0 spiro atoms. The average Bonchev–Trinajstić information content (AvgIpc) is 3.11. The van der Waals surface area contributed by atoms with Crippen LogP contribution in [0.3, 0.4) is 0 Å². The van der Waals surface area contributed by atoms with Gasteiger partial charge < -0.3 is 19.7 Å². The number of anilines is 2. The molecule has 0 saturated carbocycles. The van der Waals surface area contributed by atoms with Gasteiger partial charge in [-0.25, -0.2) is 8.78 Å². The highest BCUT2D eigenvalue weighted by atomic mass is 19.1. The lowest BCUT2D eigenvalue weighted by atomic mass is 10.1. The van der Waals surface area contributed by atoms with Gasteiger partial charge >= 0.3 is 5.97 Å². The smallest absolute Gasteiger partial charge is 0.312 e. The normalized spacial score (nSPS) is 16.9. The number of nitrogens with one attached hydrogen (secondary N) is 1. The number of halogens is 2. The third-order valence-corrected chi connectivity index (χ3v) is 4.69. The summed E-state index contributed by atoms with van der Waals surface area (Å²) < 4.78 is 37.1. The van der Waals surface area contributed by atoms with Crippen LogP contribution in [0.25, 0.3) is 0 Å². The number of para-hydroxylation sites is 2. The maximum absolute atomic E-state index is 13.7. The van der Waals surface area contributed by atoms with Crippen LogP contribution in [0.15, 0.2) is 42.5 Å². The number of hydrogen-bond acceptors (Lipinski definition) is 5. The topological polar surface area (TPSA) is 84.9 Å². The number of nitrogens with zero attached hydrogens (tertiary/aromatic N) is 1. The fraction of sp³-hybridized carbons (Fsp3) is 0.286. The van der Waals surface area contributed by atoms with E-state index in [9.17, 15) is 23.2 Å². The molecule has 1 aliphatic rings. The van der Waals surface area contributed by atoms with E-state index in [1.807, 2.05) is 0 Å². The number of benzene rings is 2. The molecule has 1 aliphatic heterocycles. The third kappa shape index (κ3) is 4.56. The van der Waals surface area contributed by atoms with Crippen LogP contribution in [0.1, 0.15) is 13.3 Å². The van der Waals surface area contributed by atoms with Gasteiger partial charge in [-0.15, -0.1) is 0 Å². The van der Waals surface area contributed by atoms with Crippen LogP contribution < -0.4 is 15.0 Å². The molecule has 1 heterocycles. The molecule has 2 aromatic rings. The second-order valence-electron chi connectivity index (χ2n) is 6.77. The van der Waals surface area contributed by atoms with E-state index >= 15 is 0 Å². The second-order valence-corrected chi connectivity index (χ2v) is 6.77. The van der Waals surface area contributed by atoms with E-state index in [4.69, 9.17) is 9.47 Å². The number of methoxy groups -OCH3 is 1. The lowest BCUT2D eigenvalue weighted by molar-refractivity contribution is -0.157. The minimum absolute atomic E-state index is 0.0716.